The molecule has 8 heteroatoms. The normalized spacial score (nSPS) is 18.7. The zero-order valence-electron chi connectivity index (χ0n) is 12.4. The number of benzene rings is 2. The van der Waals surface area contributed by atoms with E-state index in [1.807, 2.05) is 30.3 Å². The molecule has 0 unspecified atom stereocenters. The molecule has 1 aliphatic rings. The lowest BCUT2D eigenvalue weighted by molar-refractivity contribution is -0.394. The Bertz CT molecular complexity index is 789. The van der Waals surface area contributed by atoms with Gasteiger partial charge in [-0.25, -0.2) is 0 Å². The third-order valence-electron chi connectivity index (χ3n) is 3.92. The maximum Gasteiger partial charge on any atom is 0.277 e. The maximum absolute atomic E-state index is 12.3. The first-order valence-corrected chi connectivity index (χ1v) is 7.25. The van der Waals surface area contributed by atoms with Gasteiger partial charge in [-0.15, -0.1) is 0 Å². The second kappa shape index (κ2) is 6.07. The third-order valence-corrected chi connectivity index (χ3v) is 3.92. The Hall–Kier alpha value is -3.29. The van der Waals surface area contributed by atoms with E-state index in [1.54, 1.807) is 0 Å². The minimum absolute atomic E-state index is 0.0711. The van der Waals surface area contributed by atoms with Crippen LogP contribution in [0, 0.1) is 20.2 Å². The standard InChI is InChI=1S/C16H13N3O5/c20-16(17-15-9-14(15)10-4-2-1-3-5-10)11-6-12(18(21)22)8-13(7-11)19(23)24/h1-8,14-15H,9H2,(H,17,20)/t14-,15+/m0/s1. The largest absolute Gasteiger partial charge is 0.349 e. The fraction of sp³-hybridized carbons (Fsp3) is 0.188. The molecule has 0 bridgehead atoms. The lowest BCUT2D eigenvalue weighted by Crippen LogP contribution is -2.26. The number of nitro benzene ring substituents is 2. The summed E-state index contributed by atoms with van der Waals surface area (Å²) in [5, 5.41) is 24.5. The molecule has 1 amide bonds. The van der Waals surface area contributed by atoms with Crippen molar-refractivity contribution in [2.24, 2.45) is 0 Å². The van der Waals surface area contributed by atoms with Gasteiger partial charge >= 0.3 is 0 Å². The molecule has 8 nitrogen and oxygen atoms in total. The van der Waals surface area contributed by atoms with Crippen LogP contribution >= 0.6 is 0 Å². The second-order valence-corrected chi connectivity index (χ2v) is 5.59. The molecule has 1 fully saturated rings. The summed E-state index contributed by atoms with van der Waals surface area (Å²) in [5.41, 5.74) is 0.0527. The van der Waals surface area contributed by atoms with Crippen molar-refractivity contribution in [2.45, 2.75) is 18.4 Å². The van der Waals surface area contributed by atoms with Crippen LogP contribution in [0.5, 0.6) is 0 Å². The summed E-state index contributed by atoms with van der Waals surface area (Å²) in [6, 6.07) is 12.5. The average molecular weight is 327 g/mol. The topological polar surface area (TPSA) is 115 Å². The van der Waals surface area contributed by atoms with E-state index in [2.05, 4.69) is 5.32 Å². The van der Waals surface area contributed by atoms with Gasteiger partial charge in [-0.2, -0.15) is 0 Å². The van der Waals surface area contributed by atoms with E-state index >= 15 is 0 Å². The number of nitro groups is 2. The summed E-state index contributed by atoms with van der Waals surface area (Å²) >= 11 is 0. The first-order chi connectivity index (χ1) is 11.5. The Morgan fingerprint density at radius 1 is 1.00 bits per heavy atom. The second-order valence-electron chi connectivity index (χ2n) is 5.59. The maximum atomic E-state index is 12.3. The molecule has 0 aromatic heterocycles. The predicted molar refractivity (Wildman–Crippen MR) is 84.8 cm³/mol. The number of carbonyl (C=O) groups is 1. The summed E-state index contributed by atoms with van der Waals surface area (Å²) in [6.45, 7) is 0. The summed E-state index contributed by atoms with van der Waals surface area (Å²) in [6.07, 6.45) is 0.771. The van der Waals surface area contributed by atoms with Crippen molar-refractivity contribution in [1.82, 2.24) is 5.32 Å². The molecule has 0 spiro atoms. The zero-order valence-corrected chi connectivity index (χ0v) is 12.4. The zero-order chi connectivity index (χ0) is 17.3. The van der Waals surface area contributed by atoms with Crippen molar-refractivity contribution in [3.8, 4) is 0 Å². The molecule has 24 heavy (non-hydrogen) atoms. The third kappa shape index (κ3) is 3.22. The number of rotatable bonds is 5. The number of hydrogen-bond acceptors (Lipinski definition) is 5. The Balaban J connectivity index is 1.76. The van der Waals surface area contributed by atoms with Crippen molar-refractivity contribution in [3.63, 3.8) is 0 Å². The highest BCUT2D eigenvalue weighted by Gasteiger charge is 2.39. The highest BCUT2D eigenvalue weighted by molar-refractivity contribution is 5.96. The van der Waals surface area contributed by atoms with E-state index in [9.17, 15) is 25.0 Å². The first-order valence-electron chi connectivity index (χ1n) is 7.25. The van der Waals surface area contributed by atoms with Gasteiger partial charge < -0.3 is 5.32 Å². The van der Waals surface area contributed by atoms with Gasteiger partial charge in [0.1, 0.15) is 0 Å². The van der Waals surface area contributed by atoms with E-state index in [-0.39, 0.29) is 17.5 Å². The molecule has 0 saturated heterocycles. The molecule has 0 aliphatic heterocycles. The van der Waals surface area contributed by atoms with Crippen LogP contribution in [0.2, 0.25) is 0 Å². The first kappa shape index (κ1) is 15.6. The molecular formula is C16H13N3O5. The molecule has 1 saturated carbocycles. The van der Waals surface area contributed by atoms with Crippen LogP contribution in [0.4, 0.5) is 11.4 Å². The molecule has 0 radical (unpaired) electrons. The van der Waals surface area contributed by atoms with Gasteiger partial charge in [-0.3, -0.25) is 25.0 Å². The molecule has 2 atom stereocenters. The molecule has 2 aromatic rings. The van der Waals surface area contributed by atoms with Gasteiger partial charge in [0.05, 0.1) is 21.5 Å². The fourth-order valence-electron chi connectivity index (χ4n) is 2.61. The summed E-state index contributed by atoms with van der Waals surface area (Å²) in [5.74, 6) is -0.353. The van der Waals surface area contributed by atoms with Crippen LogP contribution < -0.4 is 5.32 Å². The van der Waals surface area contributed by atoms with Crippen LogP contribution in [-0.4, -0.2) is 21.8 Å². The van der Waals surface area contributed by atoms with Gasteiger partial charge in [0.25, 0.3) is 17.3 Å². The molecule has 122 valence electrons. The molecule has 1 aliphatic carbocycles. The van der Waals surface area contributed by atoms with Crippen molar-refractivity contribution in [1.29, 1.82) is 0 Å². The van der Waals surface area contributed by atoms with E-state index in [0.29, 0.717) is 0 Å². The van der Waals surface area contributed by atoms with Gasteiger partial charge in [0, 0.05) is 24.1 Å². The minimum atomic E-state index is -0.756. The average Bonchev–Trinajstić information content (AvgIpc) is 3.34. The number of nitrogens with zero attached hydrogens (tertiary/aromatic N) is 2. The van der Waals surface area contributed by atoms with Crippen LogP contribution in [0.15, 0.2) is 48.5 Å². The monoisotopic (exact) mass is 327 g/mol. The Kier molecular flexibility index (Phi) is 3.95. The van der Waals surface area contributed by atoms with E-state index < -0.39 is 27.1 Å². The van der Waals surface area contributed by atoms with Crippen LogP contribution in [-0.2, 0) is 0 Å². The minimum Gasteiger partial charge on any atom is -0.349 e. The molecule has 2 aromatic carbocycles. The van der Waals surface area contributed by atoms with E-state index in [4.69, 9.17) is 0 Å². The van der Waals surface area contributed by atoms with Crippen molar-refractivity contribution < 1.29 is 14.6 Å². The van der Waals surface area contributed by atoms with Crippen LogP contribution in [0.25, 0.3) is 0 Å². The number of amides is 1. The van der Waals surface area contributed by atoms with Gasteiger partial charge in [0.15, 0.2) is 0 Å². The van der Waals surface area contributed by atoms with Crippen molar-refractivity contribution in [2.75, 3.05) is 0 Å². The molecule has 3 rings (SSSR count). The lowest BCUT2D eigenvalue weighted by Gasteiger charge is -2.05. The van der Waals surface area contributed by atoms with Gasteiger partial charge in [-0.1, -0.05) is 30.3 Å². The summed E-state index contributed by atoms with van der Waals surface area (Å²) in [7, 11) is 0. The Morgan fingerprint density at radius 3 is 2.12 bits per heavy atom. The number of non-ortho nitro benzene ring substituents is 2. The smallest absolute Gasteiger partial charge is 0.277 e. The Morgan fingerprint density at radius 2 is 1.58 bits per heavy atom. The molecular weight excluding hydrogens is 314 g/mol. The lowest BCUT2D eigenvalue weighted by atomic mass is 10.1. The molecule has 1 N–H and O–H groups in total. The van der Waals surface area contributed by atoms with Crippen molar-refractivity contribution >= 4 is 17.3 Å². The number of nitrogens with one attached hydrogen (secondary N) is 1. The van der Waals surface area contributed by atoms with Gasteiger partial charge in [0.2, 0.25) is 0 Å². The summed E-state index contributed by atoms with van der Waals surface area (Å²) in [4.78, 5) is 32.5. The van der Waals surface area contributed by atoms with E-state index in [1.165, 1.54) is 0 Å². The number of hydrogen-bond donors (Lipinski definition) is 1. The Labute approximate surface area is 136 Å². The quantitative estimate of drug-likeness (QED) is 0.669. The van der Waals surface area contributed by atoms with Crippen LogP contribution in [0.3, 0.4) is 0 Å². The highest BCUT2D eigenvalue weighted by Crippen LogP contribution is 2.40. The fourth-order valence-corrected chi connectivity index (χ4v) is 2.61. The molecule has 0 heterocycles. The summed E-state index contributed by atoms with van der Waals surface area (Å²) < 4.78 is 0. The predicted octanol–water partition coefficient (Wildman–Crippen LogP) is 2.79. The number of carbonyl (C=O) groups excluding carboxylic acids is 1. The van der Waals surface area contributed by atoms with Gasteiger partial charge in [-0.05, 0) is 12.0 Å². The van der Waals surface area contributed by atoms with E-state index in [0.717, 1.165) is 30.2 Å². The SMILES string of the molecule is O=C(N[C@@H]1C[C@H]1c1ccccc1)c1cc([N+](=O)[O-])cc([N+](=O)[O-])c1. The van der Waals surface area contributed by atoms with Crippen LogP contribution in [0.1, 0.15) is 28.3 Å². The van der Waals surface area contributed by atoms with Crippen molar-refractivity contribution in [3.05, 3.63) is 79.9 Å². The highest BCUT2D eigenvalue weighted by atomic mass is 16.6.